The number of hydrogen-bond acceptors (Lipinski definition) is 5. The highest BCUT2D eigenvalue weighted by Gasteiger charge is 2.21. The van der Waals surface area contributed by atoms with E-state index >= 15 is 0 Å². The maximum absolute atomic E-state index is 13.0. The van der Waals surface area contributed by atoms with Gasteiger partial charge in [0.05, 0.1) is 10.6 Å². The minimum absolute atomic E-state index is 0.0216. The zero-order valence-corrected chi connectivity index (χ0v) is 17.5. The number of sulfonamides is 1. The van der Waals surface area contributed by atoms with Crippen LogP contribution in [0.5, 0.6) is 0 Å². The molecule has 0 aliphatic heterocycles. The van der Waals surface area contributed by atoms with Crippen LogP contribution < -0.4 is 5.32 Å². The number of carbonyl (C=O) groups is 1. The number of benzene rings is 1. The molecule has 2 aromatic rings. The van der Waals surface area contributed by atoms with E-state index in [0.717, 1.165) is 22.1 Å². The minimum atomic E-state index is -3.70. The van der Waals surface area contributed by atoms with Gasteiger partial charge in [0.25, 0.3) is 0 Å². The van der Waals surface area contributed by atoms with E-state index in [9.17, 15) is 17.6 Å². The molecule has 0 unspecified atom stereocenters. The normalized spacial score (nSPS) is 12.4. The molecule has 0 atom stereocenters. The summed E-state index contributed by atoms with van der Waals surface area (Å²) in [6, 6.07) is 4.66. The number of anilines is 1. The molecule has 1 N–H and O–H groups in total. The van der Waals surface area contributed by atoms with E-state index in [0.29, 0.717) is 11.6 Å². The van der Waals surface area contributed by atoms with Crippen LogP contribution in [0.1, 0.15) is 39.3 Å². The average molecular weight is 414 g/mol. The number of halogens is 1. The molecule has 1 aromatic heterocycles. The van der Waals surface area contributed by atoms with E-state index in [1.165, 1.54) is 30.5 Å². The van der Waals surface area contributed by atoms with Gasteiger partial charge in [0.15, 0.2) is 5.13 Å². The maximum atomic E-state index is 13.0. The zero-order valence-electron chi connectivity index (χ0n) is 15.8. The molecule has 2 rings (SSSR count). The Labute approximate surface area is 163 Å². The highest BCUT2D eigenvalue weighted by Crippen LogP contribution is 2.26. The van der Waals surface area contributed by atoms with E-state index in [1.807, 2.05) is 26.2 Å². The highest BCUT2D eigenvalue weighted by atomic mass is 32.2. The second kappa shape index (κ2) is 8.45. The monoisotopic (exact) mass is 413 g/mol. The van der Waals surface area contributed by atoms with Crippen molar-refractivity contribution in [2.45, 2.75) is 43.9 Å². The molecule has 0 aliphatic carbocycles. The molecule has 0 bridgehead atoms. The highest BCUT2D eigenvalue weighted by molar-refractivity contribution is 7.89. The van der Waals surface area contributed by atoms with Gasteiger partial charge >= 0.3 is 0 Å². The Bertz CT molecular complexity index is 887. The van der Waals surface area contributed by atoms with Crippen molar-refractivity contribution in [3.8, 4) is 0 Å². The van der Waals surface area contributed by atoms with Crippen molar-refractivity contribution in [2.24, 2.45) is 0 Å². The Morgan fingerprint density at radius 2 is 1.89 bits per heavy atom. The third-order valence-corrected chi connectivity index (χ3v) is 6.55. The predicted molar refractivity (Wildman–Crippen MR) is 105 cm³/mol. The van der Waals surface area contributed by atoms with Crippen LogP contribution in [0.4, 0.5) is 9.52 Å². The van der Waals surface area contributed by atoms with Crippen molar-refractivity contribution in [1.82, 2.24) is 9.29 Å². The first kappa shape index (κ1) is 21.5. The fourth-order valence-electron chi connectivity index (χ4n) is 2.23. The van der Waals surface area contributed by atoms with Gasteiger partial charge in [0.2, 0.25) is 15.9 Å². The van der Waals surface area contributed by atoms with Crippen LogP contribution in [-0.2, 0) is 20.2 Å². The van der Waals surface area contributed by atoms with Gasteiger partial charge in [-0.25, -0.2) is 22.1 Å². The van der Waals surface area contributed by atoms with Crippen LogP contribution in [0.15, 0.2) is 34.5 Å². The summed E-state index contributed by atoms with van der Waals surface area (Å²) in [7, 11) is -2.26. The lowest BCUT2D eigenvalue weighted by atomic mass is 9.93. The van der Waals surface area contributed by atoms with Gasteiger partial charge in [-0.3, -0.25) is 4.79 Å². The summed E-state index contributed by atoms with van der Waals surface area (Å²) >= 11 is 1.37. The van der Waals surface area contributed by atoms with Crippen LogP contribution in [0.25, 0.3) is 0 Å². The Balaban J connectivity index is 1.85. The van der Waals surface area contributed by atoms with Gasteiger partial charge in [-0.05, 0) is 30.7 Å². The summed E-state index contributed by atoms with van der Waals surface area (Å²) in [6.45, 7) is 6.32. The lowest BCUT2D eigenvalue weighted by Gasteiger charge is -2.17. The lowest BCUT2D eigenvalue weighted by Crippen LogP contribution is -2.28. The summed E-state index contributed by atoms with van der Waals surface area (Å²) in [4.78, 5) is 16.5. The Hall–Kier alpha value is -1.84. The number of carbonyl (C=O) groups excluding carboxylic acids is 1. The molecule has 6 nitrogen and oxygen atoms in total. The summed E-state index contributed by atoms with van der Waals surface area (Å²) in [6.07, 6.45) is 0.536. The molecule has 148 valence electrons. The number of hydrogen-bond donors (Lipinski definition) is 1. The summed E-state index contributed by atoms with van der Waals surface area (Å²) in [5.41, 5.74) is 0.824. The molecule has 0 saturated carbocycles. The van der Waals surface area contributed by atoms with Crippen LogP contribution in [0.3, 0.4) is 0 Å². The smallest absolute Gasteiger partial charge is 0.242 e. The van der Waals surface area contributed by atoms with Gasteiger partial charge in [0, 0.05) is 30.8 Å². The quantitative estimate of drug-likeness (QED) is 0.752. The lowest BCUT2D eigenvalue weighted by molar-refractivity contribution is -0.116. The number of nitrogens with zero attached hydrogens (tertiary/aromatic N) is 2. The fraction of sp³-hybridized carbons (Fsp3) is 0.444. The first-order valence-corrected chi connectivity index (χ1v) is 10.8. The molecule has 27 heavy (non-hydrogen) atoms. The molecule has 9 heteroatoms. The SMILES string of the molecule is CN(CCCC(=O)Nc1nc(C(C)(C)C)cs1)S(=O)(=O)c1ccc(F)cc1. The maximum Gasteiger partial charge on any atom is 0.242 e. The van der Waals surface area contributed by atoms with Crippen molar-refractivity contribution < 1.29 is 17.6 Å². The van der Waals surface area contributed by atoms with Gasteiger partial charge in [-0.2, -0.15) is 0 Å². The molecule has 1 amide bonds. The zero-order chi connectivity index (χ0) is 20.2. The number of rotatable bonds is 7. The van der Waals surface area contributed by atoms with Crippen molar-refractivity contribution in [2.75, 3.05) is 18.9 Å². The summed E-state index contributed by atoms with van der Waals surface area (Å²) in [5, 5.41) is 5.20. The van der Waals surface area contributed by atoms with Crippen molar-refractivity contribution >= 4 is 32.4 Å². The third-order valence-electron chi connectivity index (χ3n) is 3.92. The van der Waals surface area contributed by atoms with Crippen LogP contribution in [0, 0.1) is 5.82 Å². The standard InChI is InChI=1S/C18H24FN3O3S2/c1-18(2,3)15-12-26-17(20-15)21-16(23)6-5-11-22(4)27(24,25)14-9-7-13(19)8-10-14/h7-10,12H,5-6,11H2,1-4H3,(H,20,21,23). The van der Waals surface area contributed by atoms with Gasteiger partial charge in [0.1, 0.15) is 5.82 Å². The van der Waals surface area contributed by atoms with Crippen molar-refractivity contribution in [1.29, 1.82) is 0 Å². The number of aromatic nitrogens is 1. The summed E-state index contributed by atoms with van der Waals surface area (Å²) < 4.78 is 38.9. The van der Waals surface area contributed by atoms with Crippen LogP contribution in [0.2, 0.25) is 0 Å². The van der Waals surface area contributed by atoms with Crippen molar-refractivity contribution in [3.63, 3.8) is 0 Å². The van der Waals surface area contributed by atoms with E-state index in [1.54, 1.807) is 0 Å². The molecular weight excluding hydrogens is 389 g/mol. The second-order valence-electron chi connectivity index (χ2n) is 7.22. The first-order valence-electron chi connectivity index (χ1n) is 8.48. The molecule has 1 aromatic carbocycles. The van der Waals surface area contributed by atoms with Crippen LogP contribution in [-0.4, -0.2) is 37.2 Å². The van der Waals surface area contributed by atoms with Crippen LogP contribution >= 0.6 is 11.3 Å². The van der Waals surface area contributed by atoms with E-state index in [2.05, 4.69) is 10.3 Å². The Morgan fingerprint density at radius 3 is 2.44 bits per heavy atom. The van der Waals surface area contributed by atoms with E-state index in [-0.39, 0.29) is 29.2 Å². The first-order chi connectivity index (χ1) is 12.5. The molecule has 0 spiro atoms. The molecule has 0 saturated heterocycles. The molecule has 0 aliphatic rings. The molecule has 0 fully saturated rings. The Morgan fingerprint density at radius 1 is 1.26 bits per heavy atom. The minimum Gasteiger partial charge on any atom is -0.302 e. The van der Waals surface area contributed by atoms with E-state index in [4.69, 9.17) is 0 Å². The number of amides is 1. The van der Waals surface area contributed by atoms with Gasteiger partial charge in [-0.1, -0.05) is 20.8 Å². The molecule has 1 heterocycles. The average Bonchev–Trinajstić information content (AvgIpc) is 3.03. The largest absolute Gasteiger partial charge is 0.302 e. The van der Waals surface area contributed by atoms with E-state index < -0.39 is 15.8 Å². The van der Waals surface area contributed by atoms with Crippen molar-refractivity contribution in [3.05, 3.63) is 41.2 Å². The topological polar surface area (TPSA) is 79.4 Å². The predicted octanol–water partition coefficient (Wildman–Crippen LogP) is 3.62. The third kappa shape index (κ3) is 5.82. The number of nitrogens with one attached hydrogen (secondary N) is 1. The molecular formula is C18H24FN3O3S2. The number of thiazole rings is 1. The van der Waals surface area contributed by atoms with Gasteiger partial charge in [-0.15, -0.1) is 11.3 Å². The summed E-state index contributed by atoms with van der Waals surface area (Å²) in [5.74, 6) is -0.706. The fourth-order valence-corrected chi connectivity index (χ4v) is 4.39. The van der Waals surface area contributed by atoms with Gasteiger partial charge < -0.3 is 5.32 Å². The Kier molecular flexibility index (Phi) is 6.72. The second-order valence-corrected chi connectivity index (χ2v) is 10.1. The molecule has 0 radical (unpaired) electrons.